The summed E-state index contributed by atoms with van der Waals surface area (Å²) in [4.78, 5) is 2.51. The van der Waals surface area contributed by atoms with Crippen molar-refractivity contribution in [1.29, 1.82) is 0 Å². The van der Waals surface area contributed by atoms with Gasteiger partial charge in [-0.1, -0.05) is 6.92 Å². The second-order valence-electron chi connectivity index (χ2n) is 5.81. The monoisotopic (exact) mass is 256 g/mol. The SMILES string of the molecule is CNCC1CCC(CN2CCC(C)C(OC)C2)O1. The summed E-state index contributed by atoms with van der Waals surface area (Å²) in [5.74, 6) is 0.688. The van der Waals surface area contributed by atoms with Gasteiger partial charge in [0.2, 0.25) is 0 Å². The Kier molecular flexibility index (Phi) is 5.42. The van der Waals surface area contributed by atoms with E-state index in [1.54, 1.807) is 0 Å². The standard InChI is InChI=1S/C14H28N2O2/c1-11-6-7-16(10-14(11)17-3)9-13-5-4-12(18-13)8-15-2/h11-15H,4-10H2,1-3H3. The summed E-state index contributed by atoms with van der Waals surface area (Å²) in [6, 6.07) is 0. The number of hydrogen-bond donors (Lipinski definition) is 1. The van der Waals surface area contributed by atoms with Gasteiger partial charge in [0.25, 0.3) is 0 Å². The van der Waals surface area contributed by atoms with Crippen LogP contribution < -0.4 is 5.32 Å². The Morgan fingerprint density at radius 2 is 2.06 bits per heavy atom. The molecule has 0 amide bonds. The predicted molar refractivity (Wildman–Crippen MR) is 72.8 cm³/mol. The zero-order valence-electron chi connectivity index (χ0n) is 12.0. The van der Waals surface area contributed by atoms with Gasteiger partial charge in [-0.05, 0) is 38.8 Å². The van der Waals surface area contributed by atoms with Crippen LogP contribution in [0.15, 0.2) is 0 Å². The molecular formula is C14H28N2O2. The van der Waals surface area contributed by atoms with Crippen molar-refractivity contribution in [3.8, 4) is 0 Å². The highest BCUT2D eigenvalue weighted by atomic mass is 16.5. The van der Waals surface area contributed by atoms with Crippen LogP contribution in [0.4, 0.5) is 0 Å². The highest BCUT2D eigenvalue weighted by Gasteiger charge is 2.30. The number of likely N-dealkylation sites (N-methyl/N-ethyl adjacent to an activating group) is 1. The molecule has 2 aliphatic heterocycles. The fourth-order valence-electron chi connectivity index (χ4n) is 3.15. The Hall–Kier alpha value is -0.160. The Balaban J connectivity index is 1.73. The molecule has 4 atom stereocenters. The van der Waals surface area contributed by atoms with Crippen molar-refractivity contribution in [3.63, 3.8) is 0 Å². The van der Waals surface area contributed by atoms with Crippen LogP contribution in [0, 0.1) is 5.92 Å². The first-order chi connectivity index (χ1) is 8.72. The molecule has 1 N–H and O–H groups in total. The summed E-state index contributed by atoms with van der Waals surface area (Å²) in [5.41, 5.74) is 0. The fraction of sp³-hybridized carbons (Fsp3) is 1.00. The lowest BCUT2D eigenvalue weighted by Gasteiger charge is -2.37. The summed E-state index contributed by atoms with van der Waals surface area (Å²) in [7, 11) is 3.82. The Morgan fingerprint density at radius 3 is 2.78 bits per heavy atom. The minimum atomic E-state index is 0.397. The van der Waals surface area contributed by atoms with Crippen LogP contribution in [0.1, 0.15) is 26.2 Å². The van der Waals surface area contributed by atoms with Gasteiger partial charge in [0.15, 0.2) is 0 Å². The topological polar surface area (TPSA) is 33.7 Å². The van der Waals surface area contributed by atoms with Gasteiger partial charge in [0, 0.05) is 26.7 Å². The van der Waals surface area contributed by atoms with Crippen molar-refractivity contribution in [2.45, 2.75) is 44.5 Å². The van der Waals surface area contributed by atoms with Gasteiger partial charge in [-0.2, -0.15) is 0 Å². The predicted octanol–water partition coefficient (Wildman–Crippen LogP) is 1.11. The first-order valence-electron chi connectivity index (χ1n) is 7.28. The third-order valence-corrected chi connectivity index (χ3v) is 4.37. The molecule has 2 heterocycles. The van der Waals surface area contributed by atoms with Gasteiger partial charge in [-0.15, -0.1) is 0 Å². The molecule has 106 valence electrons. The Bertz CT molecular complexity index is 250. The summed E-state index contributed by atoms with van der Waals surface area (Å²) in [6.07, 6.45) is 4.88. The van der Waals surface area contributed by atoms with E-state index in [4.69, 9.17) is 9.47 Å². The van der Waals surface area contributed by atoms with Crippen LogP contribution in [0.25, 0.3) is 0 Å². The number of likely N-dealkylation sites (tertiary alicyclic amines) is 1. The molecule has 0 aromatic carbocycles. The molecule has 0 spiro atoms. The lowest BCUT2D eigenvalue weighted by atomic mass is 9.95. The van der Waals surface area contributed by atoms with Gasteiger partial charge in [-0.25, -0.2) is 0 Å². The summed E-state index contributed by atoms with van der Waals surface area (Å²) < 4.78 is 11.6. The first kappa shape index (κ1) is 14.3. The van der Waals surface area contributed by atoms with Crippen molar-refractivity contribution in [2.75, 3.05) is 40.3 Å². The quantitative estimate of drug-likeness (QED) is 0.799. The maximum absolute atomic E-state index is 6.06. The van der Waals surface area contributed by atoms with Crippen molar-refractivity contribution in [1.82, 2.24) is 10.2 Å². The maximum Gasteiger partial charge on any atom is 0.0724 e. The molecule has 4 heteroatoms. The molecule has 18 heavy (non-hydrogen) atoms. The van der Waals surface area contributed by atoms with Crippen LogP contribution >= 0.6 is 0 Å². The molecule has 4 nitrogen and oxygen atoms in total. The fourth-order valence-corrected chi connectivity index (χ4v) is 3.15. The lowest BCUT2D eigenvalue weighted by Crippen LogP contribution is -2.46. The van der Waals surface area contributed by atoms with Gasteiger partial charge in [0.05, 0.1) is 18.3 Å². The molecule has 0 aliphatic carbocycles. The van der Waals surface area contributed by atoms with Crippen LogP contribution in [-0.4, -0.2) is 63.5 Å². The first-order valence-corrected chi connectivity index (χ1v) is 7.28. The van der Waals surface area contributed by atoms with Gasteiger partial charge in [-0.3, -0.25) is 4.90 Å². The van der Waals surface area contributed by atoms with E-state index in [-0.39, 0.29) is 0 Å². The normalized spacial score (nSPS) is 38.2. The van der Waals surface area contributed by atoms with E-state index in [0.29, 0.717) is 24.2 Å². The van der Waals surface area contributed by atoms with Crippen molar-refractivity contribution in [3.05, 3.63) is 0 Å². The van der Waals surface area contributed by atoms with Crippen LogP contribution in [-0.2, 0) is 9.47 Å². The second-order valence-corrected chi connectivity index (χ2v) is 5.81. The van der Waals surface area contributed by atoms with E-state index in [1.807, 2.05) is 14.2 Å². The van der Waals surface area contributed by atoms with Crippen LogP contribution in [0.2, 0.25) is 0 Å². The van der Waals surface area contributed by atoms with Crippen molar-refractivity contribution < 1.29 is 9.47 Å². The van der Waals surface area contributed by atoms with E-state index in [1.165, 1.54) is 25.8 Å². The number of nitrogens with one attached hydrogen (secondary N) is 1. The van der Waals surface area contributed by atoms with Gasteiger partial charge in [0.1, 0.15) is 0 Å². The van der Waals surface area contributed by atoms with E-state index < -0.39 is 0 Å². The second kappa shape index (κ2) is 6.85. The third-order valence-electron chi connectivity index (χ3n) is 4.37. The molecule has 2 saturated heterocycles. The highest BCUT2D eigenvalue weighted by molar-refractivity contribution is 4.83. The molecule has 2 rings (SSSR count). The smallest absolute Gasteiger partial charge is 0.0724 e. The number of nitrogens with zero attached hydrogens (tertiary/aromatic N) is 1. The largest absolute Gasteiger partial charge is 0.380 e. The minimum Gasteiger partial charge on any atom is -0.380 e. The van der Waals surface area contributed by atoms with E-state index in [0.717, 1.165) is 19.6 Å². The number of piperidine rings is 1. The number of rotatable bonds is 5. The molecule has 0 radical (unpaired) electrons. The number of methoxy groups -OCH3 is 1. The third kappa shape index (κ3) is 3.67. The Labute approximate surface area is 111 Å². The average Bonchev–Trinajstić information content (AvgIpc) is 2.80. The van der Waals surface area contributed by atoms with Gasteiger partial charge < -0.3 is 14.8 Å². The van der Waals surface area contributed by atoms with E-state index in [9.17, 15) is 0 Å². The van der Waals surface area contributed by atoms with Crippen molar-refractivity contribution >= 4 is 0 Å². The zero-order chi connectivity index (χ0) is 13.0. The molecule has 0 bridgehead atoms. The lowest BCUT2D eigenvalue weighted by molar-refractivity contribution is -0.0300. The van der Waals surface area contributed by atoms with E-state index in [2.05, 4.69) is 17.1 Å². The average molecular weight is 256 g/mol. The molecule has 4 unspecified atom stereocenters. The van der Waals surface area contributed by atoms with Crippen LogP contribution in [0.3, 0.4) is 0 Å². The summed E-state index contributed by atoms with van der Waals surface area (Å²) in [5, 5.41) is 3.20. The summed E-state index contributed by atoms with van der Waals surface area (Å²) >= 11 is 0. The minimum absolute atomic E-state index is 0.397. The molecule has 2 aliphatic rings. The van der Waals surface area contributed by atoms with E-state index >= 15 is 0 Å². The van der Waals surface area contributed by atoms with Gasteiger partial charge >= 0.3 is 0 Å². The van der Waals surface area contributed by atoms with Crippen LogP contribution in [0.5, 0.6) is 0 Å². The summed E-state index contributed by atoms with van der Waals surface area (Å²) in [6.45, 7) is 6.60. The molecule has 0 aromatic heterocycles. The molecule has 2 fully saturated rings. The number of ether oxygens (including phenoxy) is 2. The van der Waals surface area contributed by atoms with Crippen molar-refractivity contribution in [2.24, 2.45) is 5.92 Å². The number of hydrogen-bond acceptors (Lipinski definition) is 4. The highest BCUT2D eigenvalue weighted by Crippen LogP contribution is 2.24. The molecular weight excluding hydrogens is 228 g/mol. The Morgan fingerprint density at radius 1 is 1.28 bits per heavy atom. The zero-order valence-corrected chi connectivity index (χ0v) is 12.0. The molecule has 0 aromatic rings. The maximum atomic E-state index is 6.06. The molecule has 0 saturated carbocycles.